The average molecular weight is 405 g/mol. The molecule has 0 aliphatic carbocycles. The van der Waals surface area contributed by atoms with Crippen LogP contribution < -0.4 is 9.47 Å². The molecular formula is C21H25ClN2O4. The molecule has 0 radical (unpaired) electrons. The summed E-state index contributed by atoms with van der Waals surface area (Å²) in [5.74, 6) is 0.974. The molecule has 0 spiro atoms. The Kier molecular flexibility index (Phi) is 8.14. The minimum Gasteiger partial charge on any atom is -0.494 e. The maximum Gasteiger partial charge on any atom is 0.259 e. The van der Waals surface area contributed by atoms with Crippen LogP contribution in [0.25, 0.3) is 0 Å². The van der Waals surface area contributed by atoms with Crippen molar-refractivity contribution in [3.63, 3.8) is 0 Å². The minimum absolute atomic E-state index is 0.0669. The lowest BCUT2D eigenvalue weighted by atomic mass is 10.2. The van der Waals surface area contributed by atoms with Gasteiger partial charge in [-0.3, -0.25) is 9.59 Å². The standard InChI is InChI=1S/C21H25ClN2O4/c1-23(2)20(25)15-28-19-7-4-6-16(14-19)21(26)24(3)12-5-13-27-18-10-8-17(22)9-11-18/h4,6-11,14H,5,12-13,15H2,1-3H3. The van der Waals surface area contributed by atoms with E-state index in [-0.39, 0.29) is 18.4 Å². The predicted molar refractivity (Wildman–Crippen MR) is 109 cm³/mol. The third-order valence-electron chi connectivity index (χ3n) is 4.01. The number of rotatable bonds is 9. The third kappa shape index (κ3) is 6.78. The Balaban J connectivity index is 1.80. The molecule has 0 aliphatic rings. The van der Waals surface area contributed by atoms with Crippen LogP contribution in [0.15, 0.2) is 48.5 Å². The van der Waals surface area contributed by atoms with Gasteiger partial charge in [0.2, 0.25) is 0 Å². The highest BCUT2D eigenvalue weighted by atomic mass is 35.5. The van der Waals surface area contributed by atoms with E-state index in [2.05, 4.69) is 0 Å². The Morgan fingerprint density at radius 2 is 1.68 bits per heavy atom. The molecule has 150 valence electrons. The van der Waals surface area contributed by atoms with Crippen LogP contribution in [0.5, 0.6) is 11.5 Å². The number of amides is 2. The first-order valence-corrected chi connectivity index (χ1v) is 9.31. The number of hydrogen-bond donors (Lipinski definition) is 0. The maximum absolute atomic E-state index is 12.6. The number of benzene rings is 2. The monoisotopic (exact) mass is 404 g/mol. The molecule has 2 aromatic carbocycles. The summed E-state index contributed by atoms with van der Waals surface area (Å²) in [6, 6.07) is 14.0. The number of nitrogens with zero attached hydrogens (tertiary/aromatic N) is 2. The van der Waals surface area contributed by atoms with E-state index in [1.54, 1.807) is 62.4 Å². The van der Waals surface area contributed by atoms with Crippen molar-refractivity contribution in [3.05, 3.63) is 59.1 Å². The van der Waals surface area contributed by atoms with Crippen molar-refractivity contribution in [2.75, 3.05) is 40.9 Å². The summed E-state index contributed by atoms with van der Waals surface area (Å²) < 4.78 is 11.1. The van der Waals surface area contributed by atoms with Gasteiger partial charge >= 0.3 is 0 Å². The van der Waals surface area contributed by atoms with Gasteiger partial charge in [0.05, 0.1) is 6.61 Å². The van der Waals surface area contributed by atoms with E-state index < -0.39 is 0 Å². The second-order valence-electron chi connectivity index (χ2n) is 6.49. The van der Waals surface area contributed by atoms with E-state index in [1.807, 2.05) is 12.1 Å². The topological polar surface area (TPSA) is 59.1 Å². The molecule has 0 unspecified atom stereocenters. The first-order valence-electron chi connectivity index (χ1n) is 8.93. The molecule has 2 aromatic rings. The zero-order chi connectivity index (χ0) is 20.5. The van der Waals surface area contributed by atoms with Crippen molar-refractivity contribution in [2.45, 2.75) is 6.42 Å². The molecule has 0 N–H and O–H groups in total. The molecule has 2 rings (SSSR count). The smallest absolute Gasteiger partial charge is 0.259 e. The molecule has 2 amide bonds. The summed E-state index contributed by atoms with van der Waals surface area (Å²) in [5, 5.41) is 0.662. The third-order valence-corrected chi connectivity index (χ3v) is 4.26. The predicted octanol–water partition coefficient (Wildman–Crippen LogP) is 3.35. The summed E-state index contributed by atoms with van der Waals surface area (Å²) in [7, 11) is 5.07. The van der Waals surface area contributed by atoms with Gasteiger partial charge in [0.25, 0.3) is 11.8 Å². The van der Waals surface area contributed by atoms with Crippen LogP contribution >= 0.6 is 11.6 Å². The number of hydrogen-bond acceptors (Lipinski definition) is 4. The SMILES string of the molecule is CN(C)C(=O)COc1cccc(C(=O)N(C)CCCOc2ccc(Cl)cc2)c1. The Morgan fingerprint density at radius 3 is 2.36 bits per heavy atom. The van der Waals surface area contributed by atoms with Gasteiger partial charge in [0.15, 0.2) is 6.61 Å². The fourth-order valence-electron chi connectivity index (χ4n) is 2.34. The lowest BCUT2D eigenvalue weighted by Crippen LogP contribution is -2.29. The Morgan fingerprint density at radius 1 is 0.964 bits per heavy atom. The van der Waals surface area contributed by atoms with Crippen LogP contribution in [0.1, 0.15) is 16.8 Å². The zero-order valence-corrected chi connectivity index (χ0v) is 17.1. The number of carbonyl (C=O) groups is 2. The van der Waals surface area contributed by atoms with Crippen molar-refractivity contribution in [1.29, 1.82) is 0 Å². The lowest BCUT2D eigenvalue weighted by Gasteiger charge is -2.18. The molecule has 0 aliphatic heterocycles. The number of halogens is 1. The second kappa shape index (κ2) is 10.6. The summed E-state index contributed by atoms with van der Waals surface area (Å²) in [6.45, 7) is 0.980. The molecule has 6 nitrogen and oxygen atoms in total. The maximum atomic E-state index is 12.6. The van der Waals surface area contributed by atoms with Crippen molar-refractivity contribution >= 4 is 23.4 Å². The minimum atomic E-state index is -0.144. The highest BCUT2D eigenvalue weighted by Gasteiger charge is 2.13. The van der Waals surface area contributed by atoms with Crippen LogP contribution in [-0.4, -0.2) is 62.5 Å². The fourth-order valence-corrected chi connectivity index (χ4v) is 2.46. The summed E-state index contributed by atoms with van der Waals surface area (Å²) in [6.07, 6.45) is 0.693. The van der Waals surface area contributed by atoms with E-state index in [1.165, 1.54) is 4.90 Å². The van der Waals surface area contributed by atoms with Gasteiger partial charge in [-0.05, 0) is 48.9 Å². The molecule has 0 heterocycles. The van der Waals surface area contributed by atoms with E-state index in [0.717, 1.165) is 5.75 Å². The summed E-state index contributed by atoms with van der Waals surface area (Å²) in [5.41, 5.74) is 0.510. The van der Waals surface area contributed by atoms with E-state index in [4.69, 9.17) is 21.1 Å². The van der Waals surface area contributed by atoms with E-state index in [0.29, 0.717) is 35.9 Å². The van der Waals surface area contributed by atoms with Crippen LogP contribution in [-0.2, 0) is 4.79 Å². The van der Waals surface area contributed by atoms with Gasteiger partial charge in [-0.2, -0.15) is 0 Å². The Hall–Kier alpha value is -2.73. The van der Waals surface area contributed by atoms with Crippen molar-refractivity contribution in [3.8, 4) is 11.5 Å². The highest BCUT2D eigenvalue weighted by molar-refractivity contribution is 6.30. The van der Waals surface area contributed by atoms with Crippen LogP contribution in [0.4, 0.5) is 0 Å². The van der Waals surface area contributed by atoms with Gasteiger partial charge in [-0.15, -0.1) is 0 Å². The molecule has 0 atom stereocenters. The Bertz CT molecular complexity index is 793. The van der Waals surface area contributed by atoms with Crippen molar-refractivity contribution in [2.24, 2.45) is 0 Å². The van der Waals surface area contributed by atoms with Crippen molar-refractivity contribution in [1.82, 2.24) is 9.80 Å². The lowest BCUT2D eigenvalue weighted by molar-refractivity contribution is -0.130. The van der Waals surface area contributed by atoms with Crippen LogP contribution in [0, 0.1) is 0 Å². The second-order valence-corrected chi connectivity index (χ2v) is 6.92. The quantitative estimate of drug-likeness (QED) is 0.601. The molecule has 0 aromatic heterocycles. The number of likely N-dealkylation sites (N-methyl/N-ethyl adjacent to an activating group) is 1. The van der Waals surface area contributed by atoms with Crippen LogP contribution in [0.2, 0.25) is 5.02 Å². The average Bonchev–Trinajstić information content (AvgIpc) is 2.70. The van der Waals surface area contributed by atoms with Crippen molar-refractivity contribution < 1.29 is 19.1 Å². The first-order chi connectivity index (χ1) is 13.4. The van der Waals surface area contributed by atoms with E-state index >= 15 is 0 Å². The molecule has 0 bridgehead atoms. The van der Waals surface area contributed by atoms with Gasteiger partial charge in [0.1, 0.15) is 11.5 Å². The van der Waals surface area contributed by atoms with Crippen LogP contribution in [0.3, 0.4) is 0 Å². The largest absolute Gasteiger partial charge is 0.494 e. The first kappa shape index (κ1) is 21.6. The summed E-state index contributed by atoms with van der Waals surface area (Å²) in [4.78, 5) is 27.3. The molecule has 0 saturated carbocycles. The molecule has 7 heteroatoms. The van der Waals surface area contributed by atoms with Gasteiger partial charge in [0, 0.05) is 38.3 Å². The molecular weight excluding hydrogens is 380 g/mol. The normalized spacial score (nSPS) is 10.3. The molecule has 28 heavy (non-hydrogen) atoms. The van der Waals surface area contributed by atoms with E-state index in [9.17, 15) is 9.59 Å². The highest BCUT2D eigenvalue weighted by Crippen LogP contribution is 2.16. The molecule has 0 fully saturated rings. The van der Waals surface area contributed by atoms with Gasteiger partial charge in [-0.25, -0.2) is 0 Å². The Labute approximate surface area is 170 Å². The fraction of sp³-hybridized carbons (Fsp3) is 0.333. The summed E-state index contributed by atoms with van der Waals surface area (Å²) >= 11 is 5.84. The van der Waals surface area contributed by atoms with Gasteiger partial charge in [-0.1, -0.05) is 17.7 Å². The van der Waals surface area contributed by atoms with Gasteiger partial charge < -0.3 is 19.3 Å². The number of carbonyl (C=O) groups excluding carboxylic acids is 2. The molecule has 0 saturated heterocycles. The number of ether oxygens (including phenoxy) is 2. The zero-order valence-electron chi connectivity index (χ0n) is 16.4.